The number of nitro benzene ring substituents is 1. The van der Waals surface area contributed by atoms with Crippen LogP contribution >= 0.6 is 0 Å². The first-order chi connectivity index (χ1) is 14.3. The van der Waals surface area contributed by atoms with Crippen molar-refractivity contribution in [3.05, 3.63) is 63.7 Å². The van der Waals surface area contributed by atoms with Crippen LogP contribution < -0.4 is 14.9 Å². The summed E-state index contributed by atoms with van der Waals surface area (Å²) in [6.07, 6.45) is 1.42. The second-order valence-electron chi connectivity index (χ2n) is 6.22. The number of ether oxygens (including phenoxy) is 2. The van der Waals surface area contributed by atoms with Gasteiger partial charge < -0.3 is 14.4 Å². The number of hydrogen-bond acceptors (Lipinski definition) is 7. The van der Waals surface area contributed by atoms with E-state index in [2.05, 4.69) is 10.5 Å². The van der Waals surface area contributed by atoms with Gasteiger partial charge in [-0.1, -0.05) is 0 Å². The van der Waals surface area contributed by atoms with E-state index in [9.17, 15) is 19.7 Å². The highest BCUT2D eigenvalue weighted by Gasteiger charge is 2.11. The third-order valence-corrected chi connectivity index (χ3v) is 3.84. The maximum atomic E-state index is 12.1. The molecule has 1 N–H and O–H groups in total. The van der Waals surface area contributed by atoms with Gasteiger partial charge in [-0.05, 0) is 42.8 Å². The predicted octanol–water partition coefficient (Wildman–Crippen LogP) is 2.22. The summed E-state index contributed by atoms with van der Waals surface area (Å²) in [6, 6.07) is 10.2. The lowest BCUT2D eigenvalue weighted by Gasteiger charge is -2.14. The first kappa shape index (κ1) is 22.3. The number of amides is 2. The summed E-state index contributed by atoms with van der Waals surface area (Å²) >= 11 is 0. The molecule has 0 unspecified atom stereocenters. The van der Waals surface area contributed by atoms with Gasteiger partial charge in [-0.3, -0.25) is 19.7 Å². The van der Waals surface area contributed by atoms with Crippen LogP contribution in [-0.4, -0.2) is 55.2 Å². The van der Waals surface area contributed by atoms with Crippen LogP contribution in [0.2, 0.25) is 0 Å². The molecular weight excluding hydrogens is 392 g/mol. The molecule has 158 valence electrons. The van der Waals surface area contributed by atoms with Crippen molar-refractivity contribution in [2.45, 2.75) is 6.92 Å². The summed E-state index contributed by atoms with van der Waals surface area (Å²) in [6.45, 7) is 2.10. The van der Waals surface area contributed by atoms with Crippen LogP contribution in [0.1, 0.15) is 22.8 Å². The highest BCUT2D eigenvalue weighted by atomic mass is 16.6. The van der Waals surface area contributed by atoms with Crippen molar-refractivity contribution in [3.8, 4) is 11.5 Å². The fourth-order valence-corrected chi connectivity index (χ4v) is 2.23. The second-order valence-corrected chi connectivity index (χ2v) is 6.22. The number of likely N-dealkylation sites (N-methyl/N-ethyl adjacent to an activating group) is 1. The zero-order chi connectivity index (χ0) is 22.1. The van der Waals surface area contributed by atoms with Crippen molar-refractivity contribution in [2.75, 3.05) is 27.3 Å². The predicted molar refractivity (Wildman–Crippen MR) is 110 cm³/mol. The van der Waals surface area contributed by atoms with Crippen LogP contribution in [-0.2, 0) is 4.79 Å². The lowest BCUT2D eigenvalue weighted by molar-refractivity contribution is -0.384. The monoisotopic (exact) mass is 414 g/mol. The van der Waals surface area contributed by atoms with Gasteiger partial charge in [0, 0.05) is 31.8 Å². The molecule has 0 aliphatic carbocycles. The molecule has 0 saturated heterocycles. The Kier molecular flexibility index (Phi) is 7.86. The van der Waals surface area contributed by atoms with Crippen LogP contribution in [0.5, 0.6) is 11.5 Å². The molecule has 2 rings (SSSR count). The van der Waals surface area contributed by atoms with E-state index in [1.807, 2.05) is 6.92 Å². The zero-order valence-corrected chi connectivity index (χ0v) is 16.8. The van der Waals surface area contributed by atoms with Gasteiger partial charge in [0.15, 0.2) is 18.1 Å². The van der Waals surface area contributed by atoms with Gasteiger partial charge in [-0.25, -0.2) is 5.43 Å². The SMILES string of the molecule is CCOc1cc(/C=N\NC(=O)c2ccc([N+](=O)[O-])cc2)ccc1OCC(=O)N(C)C. The Hall–Kier alpha value is -3.95. The Bertz CT molecular complexity index is 941. The van der Waals surface area contributed by atoms with Crippen LogP contribution in [0.15, 0.2) is 47.6 Å². The van der Waals surface area contributed by atoms with E-state index in [1.165, 1.54) is 35.4 Å². The van der Waals surface area contributed by atoms with Gasteiger partial charge >= 0.3 is 0 Å². The summed E-state index contributed by atoms with van der Waals surface area (Å²) < 4.78 is 11.1. The first-order valence-corrected chi connectivity index (χ1v) is 8.99. The molecule has 0 atom stereocenters. The molecule has 30 heavy (non-hydrogen) atoms. The van der Waals surface area contributed by atoms with Crippen LogP contribution in [0.4, 0.5) is 5.69 Å². The topological polar surface area (TPSA) is 123 Å². The van der Waals surface area contributed by atoms with Crippen molar-refractivity contribution in [3.63, 3.8) is 0 Å². The molecule has 10 nitrogen and oxygen atoms in total. The van der Waals surface area contributed by atoms with Gasteiger partial charge in [-0.15, -0.1) is 0 Å². The van der Waals surface area contributed by atoms with Crippen molar-refractivity contribution in [2.24, 2.45) is 5.10 Å². The summed E-state index contributed by atoms with van der Waals surface area (Å²) in [5.41, 5.74) is 3.12. The quantitative estimate of drug-likeness (QED) is 0.381. The average molecular weight is 414 g/mol. The van der Waals surface area contributed by atoms with Crippen molar-refractivity contribution >= 4 is 23.7 Å². The minimum Gasteiger partial charge on any atom is -0.490 e. The standard InChI is InChI=1S/C20H22N4O6/c1-4-29-18-11-14(5-10-17(18)30-13-19(25)23(2)3)12-21-22-20(26)15-6-8-16(9-7-15)24(27)28/h5-12H,4,13H2,1-3H3,(H,22,26)/b21-12-. The minimum atomic E-state index is -0.542. The first-order valence-electron chi connectivity index (χ1n) is 8.99. The van der Waals surface area contributed by atoms with Crippen LogP contribution in [0.3, 0.4) is 0 Å². The number of non-ortho nitro benzene ring substituents is 1. The van der Waals surface area contributed by atoms with Crippen LogP contribution in [0.25, 0.3) is 0 Å². The molecule has 2 aromatic carbocycles. The summed E-state index contributed by atoms with van der Waals surface area (Å²) in [4.78, 5) is 35.3. The minimum absolute atomic E-state index is 0.104. The molecule has 10 heteroatoms. The third-order valence-electron chi connectivity index (χ3n) is 3.84. The molecule has 0 fully saturated rings. The summed E-state index contributed by atoms with van der Waals surface area (Å²) in [7, 11) is 3.28. The number of rotatable bonds is 9. The Morgan fingerprint density at radius 2 is 1.83 bits per heavy atom. The van der Waals surface area contributed by atoms with Gasteiger partial charge in [0.2, 0.25) is 0 Å². The fourth-order valence-electron chi connectivity index (χ4n) is 2.23. The maximum Gasteiger partial charge on any atom is 0.271 e. The van der Waals surface area contributed by atoms with Gasteiger partial charge in [0.1, 0.15) is 0 Å². The lowest BCUT2D eigenvalue weighted by Crippen LogP contribution is -2.27. The number of nitro groups is 1. The molecule has 0 aliphatic heterocycles. The molecule has 0 radical (unpaired) electrons. The van der Waals surface area contributed by atoms with Crippen molar-refractivity contribution < 1.29 is 24.0 Å². The zero-order valence-electron chi connectivity index (χ0n) is 16.8. The van der Waals surface area contributed by atoms with Crippen molar-refractivity contribution in [1.82, 2.24) is 10.3 Å². The normalized spacial score (nSPS) is 10.5. The van der Waals surface area contributed by atoms with E-state index >= 15 is 0 Å². The highest BCUT2D eigenvalue weighted by Crippen LogP contribution is 2.28. The second kappa shape index (κ2) is 10.6. The van der Waals surface area contributed by atoms with E-state index in [0.29, 0.717) is 23.7 Å². The van der Waals surface area contributed by atoms with E-state index < -0.39 is 10.8 Å². The van der Waals surface area contributed by atoms with E-state index in [-0.39, 0.29) is 23.8 Å². The molecule has 0 saturated carbocycles. The number of carbonyl (C=O) groups is 2. The molecule has 0 aliphatic rings. The van der Waals surface area contributed by atoms with Gasteiger partial charge in [0.25, 0.3) is 17.5 Å². The highest BCUT2D eigenvalue weighted by molar-refractivity contribution is 5.95. The van der Waals surface area contributed by atoms with Gasteiger partial charge in [-0.2, -0.15) is 5.10 Å². The number of hydrazone groups is 1. The Morgan fingerprint density at radius 3 is 2.43 bits per heavy atom. The maximum absolute atomic E-state index is 12.1. The molecular formula is C20H22N4O6. The molecule has 2 aromatic rings. The van der Waals surface area contributed by atoms with E-state index in [4.69, 9.17) is 9.47 Å². The number of benzene rings is 2. The lowest BCUT2D eigenvalue weighted by atomic mass is 10.2. The smallest absolute Gasteiger partial charge is 0.271 e. The number of nitrogens with zero attached hydrogens (tertiary/aromatic N) is 3. The van der Waals surface area contributed by atoms with Crippen molar-refractivity contribution in [1.29, 1.82) is 0 Å². The van der Waals surface area contributed by atoms with E-state index in [1.54, 1.807) is 32.3 Å². The average Bonchev–Trinajstić information content (AvgIpc) is 2.73. The Morgan fingerprint density at radius 1 is 1.13 bits per heavy atom. The van der Waals surface area contributed by atoms with Gasteiger partial charge in [0.05, 0.1) is 17.7 Å². The largest absolute Gasteiger partial charge is 0.490 e. The Labute approximate surface area is 173 Å². The summed E-state index contributed by atoms with van der Waals surface area (Å²) in [5, 5.41) is 14.5. The Balaban J connectivity index is 2.03. The van der Waals surface area contributed by atoms with E-state index in [0.717, 1.165) is 0 Å². The molecule has 0 heterocycles. The molecule has 0 bridgehead atoms. The molecule has 0 aromatic heterocycles. The summed E-state index contributed by atoms with van der Waals surface area (Å²) in [5.74, 6) is 0.166. The molecule has 0 spiro atoms. The molecule has 2 amide bonds. The number of carbonyl (C=O) groups excluding carboxylic acids is 2. The fraction of sp³-hybridized carbons (Fsp3) is 0.250. The number of hydrogen-bond donors (Lipinski definition) is 1. The third kappa shape index (κ3) is 6.30. The van der Waals surface area contributed by atoms with Crippen LogP contribution in [0, 0.1) is 10.1 Å². The number of nitrogens with one attached hydrogen (secondary N) is 1.